The van der Waals surface area contributed by atoms with Crippen molar-refractivity contribution in [3.8, 4) is 0 Å². The summed E-state index contributed by atoms with van der Waals surface area (Å²) < 4.78 is 0. The molecule has 0 radical (unpaired) electrons. The molecule has 3 heteroatoms. The van der Waals surface area contributed by atoms with Crippen molar-refractivity contribution in [3.05, 3.63) is 30.1 Å². The van der Waals surface area contributed by atoms with Crippen LogP contribution < -0.4 is 5.73 Å². The molecule has 0 atom stereocenters. The summed E-state index contributed by atoms with van der Waals surface area (Å²) >= 11 is 0. The molecule has 1 heterocycles. The van der Waals surface area contributed by atoms with E-state index in [2.05, 4.69) is 36.8 Å². The number of nitrogens with two attached hydrogens (primary N) is 1. The van der Waals surface area contributed by atoms with Crippen LogP contribution in [0, 0.1) is 0 Å². The minimum Gasteiger partial charge on any atom is -0.329 e. The number of likely N-dealkylation sites (N-methyl/N-ethyl adjacent to an activating group) is 1. The predicted molar refractivity (Wildman–Crippen MR) is 72.9 cm³/mol. The van der Waals surface area contributed by atoms with Crippen molar-refractivity contribution in [3.63, 3.8) is 0 Å². The minimum atomic E-state index is 0.155. The molecule has 0 fully saturated rings. The highest BCUT2D eigenvalue weighted by molar-refractivity contribution is 5.09. The van der Waals surface area contributed by atoms with Crippen LogP contribution in [-0.2, 0) is 6.42 Å². The lowest BCUT2D eigenvalue weighted by molar-refractivity contribution is 0.117. The van der Waals surface area contributed by atoms with Gasteiger partial charge in [-0.1, -0.05) is 19.9 Å². The fraction of sp³-hybridized carbons (Fsp3) is 0.643. The van der Waals surface area contributed by atoms with Crippen LogP contribution in [0.15, 0.2) is 24.5 Å². The smallest absolute Gasteiger partial charge is 0.0323 e. The number of pyridine rings is 1. The Morgan fingerprint density at radius 1 is 1.35 bits per heavy atom. The number of hydrogen-bond acceptors (Lipinski definition) is 3. The molecule has 3 nitrogen and oxygen atoms in total. The van der Waals surface area contributed by atoms with Gasteiger partial charge >= 0.3 is 0 Å². The molecule has 1 aromatic heterocycles. The van der Waals surface area contributed by atoms with Crippen LogP contribution in [0.25, 0.3) is 0 Å². The van der Waals surface area contributed by atoms with Crippen molar-refractivity contribution < 1.29 is 0 Å². The largest absolute Gasteiger partial charge is 0.329 e. The van der Waals surface area contributed by atoms with Gasteiger partial charge in [0.2, 0.25) is 0 Å². The Kier molecular flexibility index (Phi) is 5.59. The van der Waals surface area contributed by atoms with E-state index < -0.39 is 0 Å². The van der Waals surface area contributed by atoms with Gasteiger partial charge in [-0.2, -0.15) is 0 Å². The molecule has 17 heavy (non-hydrogen) atoms. The van der Waals surface area contributed by atoms with Gasteiger partial charge in [0.05, 0.1) is 0 Å². The average Bonchev–Trinajstić information content (AvgIpc) is 2.40. The molecule has 0 spiro atoms. The van der Waals surface area contributed by atoms with Gasteiger partial charge in [0, 0.05) is 31.0 Å². The first kappa shape index (κ1) is 14.1. The molecular formula is C14H25N3. The molecule has 0 unspecified atom stereocenters. The zero-order valence-electron chi connectivity index (χ0n) is 11.3. The monoisotopic (exact) mass is 235 g/mol. The summed E-state index contributed by atoms with van der Waals surface area (Å²) in [6, 6.07) is 4.12. The van der Waals surface area contributed by atoms with Gasteiger partial charge in [0.15, 0.2) is 0 Å². The van der Waals surface area contributed by atoms with E-state index in [1.54, 1.807) is 0 Å². The molecule has 0 aliphatic heterocycles. The zero-order chi connectivity index (χ0) is 12.7. The molecule has 0 bridgehead atoms. The van der Waals surface area contributed by atoms with E-state index in [0.717, 1.165) is 32.4 Å². The van der Waals surface area contributed by atoms with Crippen LogP contribution in [0.3, 0.4) is 0 Å². The maximum atomic E-state index is 5.94. The van der Waals surface area contributed by atoms with Crippen molar-refractivity contribution in [2.24, 2.45) is 5.73 Å². The van der Waals surface area contributed by atoms with Gasteiger partial charge in [-0.05, 0) is 37.9 Å². The Labute approximate surface area is 105 Å². The van der Waals surface area contributed by atoms with Crippen LogP contribution in [-0.4, -0.2) is 35.6 Å². The van der Waals surface area contributed by atoms with Gasteiger partial charge in [-0.15, -0.1) is 0 Å². The molecule has 0 amide bonds. The fourth-order valence-corrected chi connectivity index (χ4v) is 2.31. The van der Waals surface area contributed by atoms with Crippen molar-refractivity contribution in [1.29, 1.82) is 0 Å². The van der Waals surface area contributed by atoms with Gasteiger partial charge < -0.3 is 5.73 Å². The highest BCUT2D eigenvalue weighted by Gasteiger charge is 2.28. The Morgan fingerprint density at radius 3 is 2.53 bits per heavy atom. The van der Waals surface area contributed by atoms with Crippen molar-refractivity contribution in [1.82, 2.24) is 9.88 Å². The first-order valence-corrected chi connectivity index (χ1v) is 6.48. The molecule has 0 saturated carbocycles. The predicted octanol–water partition coefficient (Wildman–Crippen LogP) is 2.07. The second-order valence-corrected chi connectivity index (χ2v) is 4.67. The third kappa shape index (κ3) is 3.51. The van der Waals surface area contributed by atoms with Crippen LogP contribution in [0.5, 0.6) is 0 Å². The van der Waals surface area contributed by atoms with Gasteiger partial charge in [0.1, 0.15) is 0 Å². The van der Waals surface area contributed by atoms with Crippen LogP contribution in [0.1, 0.15) is 32.3 Å². The Morgan fingerprint density at radius 2 is 2.06 bits per heavy atom. The second-order valence-electron chi connectivity index (χ2n) is 4.67. The van der Waals surface area contributed by atoms with Crippen molar-refractivity contribution in [2.45, 2.75) is 38.6 Å². The van der Waals surface area contributed by atoms with Crippen molar-refractivity contribution >= 4 is 0 Å². The van der Waals surface area contributed by atoms with Crippen LogP contribution >= 0.6 is 0 Å². The maximum Gasteiger partial charge on any atom is 0.0323 e. The lowest BCUT2D eigenvalue weighted by Gasteiger charge is -2.40. The molecule has 0 aromatic carbocycles. The van der Waals surface area contributed by atoms with E-state index in [4.69, 9.17) is 5.73 Å². The summed E-state index contributed by atoms with van der Waals surface area (Å²) in [5.41, 5.74) is 7.39. The summed E-state index contributed by atoms with van der Waals surface area (Å²) in [5, 5.41) is 0. The minimum absolute atomic E-state index is 0.155. The van der Waals surface area contributed by atoms with E-state index in [0.29, 0.717) is 0 Å². The third-order valence-electron chi connectivity index (χ3n) is 3.96. The van der Waals surface area contributed by atoms with Crippen LogP contribution in [0.2, 0.25) is 0 Å². The molecule has 0 aliphatic rings. The SMILES string of the molecule is CCC(CC)(CN)N(C)CCc1cccnc1. The summed E-state index contributed by atoms with van der Waals surface area (Å²) in [6.45, 7) is 6.20. The highest BCUT2D eigenvalue weighted by Crippen LogP contribution is 2.21. The Hall–Kier alpha value is -0.930. The molecule has 0 aliphatic carbocycles. The lowest BCUT2D eigenvalue weighted by Crippen LogP contribution is -2.51. The number of aromatic nitrogens is 1. The summed E-state index contributed by atoms with van der Waals surface area (Å²) in [7, 11) is 2.18. The molecule has 1 aromatic rings. The number of rotatable bonds is 7. The second kappa shape index (κ2) is 6.72. The highest BCUT2D eigenvalue weighted by atomic mass is 15.2. The molecule has 2 N–H and O–H groups in total. The summed E-state index contributed by atoms with van der Waals surface area (Å²) in [5.74, 6) is 0. The fourth-order valence-electron chi connectivity index (χ4n) is 2.31. The molecular weight excluding hydrogens is 210 g/mol. The van der Waals surface area contributed by atoms with Gasteiger partial charge in [-0.3, -0.25) is 9.88 Å². The standard InChI is InChI=1S/C14H25N3/c1-4-14(5-2,12-15)17(3)10-8-13-7-6-9-16-11-13/h6-7,9,11H,4-5,8,10,12,15H2,1-3H3. The zero-order valence-corrected chi connectivity index (χ0v) is 11.3. The quantitative estimate of drug-likeness (QED) is 0.786. The van der Waals surface area contributed by atoms with E-state index >= 15 is 0 Å². The van der Waals surface area contributed by atoms with E-state index in [1.165, 1.54) is 5.56 Å². The number of hydrogen-bond donors (Lipinski definition) is 1. The average molecular weight is 235 g/mol. The molecule has 1 rings (SSSR count). The Balaban J connectivity index is 2.56. The van der Waals surface area contributed by atoms with E-state index in [1.807, 2.05) is 18.5 Å². The van der Waals surface area contributed by atoms with Crippen LogP contribution in [0.4, 0.5) is 0 Å². The van der Waals surface area contributed by atoms with Crippen molar-refractivity contribution in [2.75, 3.05) is 20.1 Å². The van der Waals surface area contributed by atoms with Gasteiger partial charge in [0.25, 0.3) is 0 Å². The molecule has 0 saturated heterocycles. The normalized spacial score (nSPS) is 12.1. The maximum absolute atomic E-state index is 5.94. The lowest BCUT2D eigenvalue weighted by atomic mass is 9.91. The van der Waals surface area contributed by atoms with Gasteiger partial charge in [-0.25, -0.2) is 0 Å². The number of nitrogens with zero attached hydrogens (tertiary/aromatic N) is 2. The first-order chi connectivity index (χ1) is 8.18. The first-order valence-electron chi connectivity index (χ1n) is 6.48. The third-order valence-corrected chi connectivity index (χ3v) is 3.96. The van der Waals surface area contributed by atoms with E-state index in [9.17, 15) is 0 Å². The summed E-state index contributed by atoms with van der Waals surface area (Å²) in [4.78, 5) is 6.54. The molecule has 96 valence electrons. The summed E-state index contributed by atoms with van der Waals surface area (Å²) in [6.07, 6.45) is 6.99. The van der Waals surface area contributed by atoms with E-state index in [-0.39, 0.29) is 5.54 Å². The topological polar surface area (TPSA) is 42.1 Å². The Bertz CT molecular complexity index is 298.